The van der Waals surface area contributed by atoms with Crippen LogP contribution in [0.1, 0.15) is 18.1 Å². The van der Waals surface area contributed by atoms with E-state index in [9.17, 15) is 5.11 Å². The van der Waals surface area contributed by atoms with E-state index in [0.717, 1.165) is 16.8 Å². The maximum Gasteiger partial charge on any atom is 0.0823 e. The van der Waals surface area contributed by atoms with Gasteiger partial charge in [-0.25, -0.2) is 0 Å². The van der Waals surface area contributed by atoms with Crippen molar-refractivity contribution in [3.8, 4) is 11.3 Å². The first kappa shape index (κ1) is 11.8. The normalized spacial score (nSPS) is 12.4. The highest BCUT2D eigenvalue weighted by Crippen LogP contribution is 2.27. The molecule has 1 aromatic heterocycles. The fraction of sp³-hybridized carbons (Fsp3) is 0.214. The van der Waals surface area contributed by atoms with Gasteiger partial charge in [0.2, 0.25) is 0 Å². The molecule has 2 rings (SSSR count). The minimum Gasteiger partial charge on any atom is -0.388 e. The highest BCUT2D eigenvalue weighted by atomic mass is 16.3. The number of nitrogens with zero attached hydrogens (tertiary/aromatic N) is 1. The molecule has 0 aliphatic heterocycles. The summed E-state index contributed by atoms with van der Waals surface area (Å²) in [5.74, 6) is 0. The van der Waals surface area contributed by atoms with E-state index < -0.39 is 6.10 Å². The molecule has 1 unspecified atom stereocenters. The monoisotopic (exact) mass is 228 g/mol. The molecule has 0 aliphatic rings. The Balaban J connectivity index is 2.41. The van der Waals surface area contributed by atoms with Crippen LogP contribution >= 0.6 is 0 Å². The zero-order valence-electron chi connectivity index (χ0n) is 9.58. The molecular weight excluding hydrogens is 212 g/mol. The van der Waals surface area contributed by atoms with E-state index in [1.165, 1.54) is 0 Å². The van der Waals surface area contributed by atoms with E-state index in [1.54, 1.807) is 6.20 Å². The first-order valence-corrected chi connectivity index (χ1v) is 5.71. The third-order valence-corrected chi connectivity index (χ3v) is 2.69. The van der Waals surface area contributed by atoms with Crippen molar-refractivity contribution < 1.29 is 5.11 Å². The van der Waals surface area contributed by atoms with E-state index in [-0.39, 0.29) is 0 Å². The second-order valence-electron chi connectivity index (χ2n) is 3.90. The van der Waals surface area contributed by atoms with E-state index in [4.69, 9.17) is 5.73 Å². The van der Waals surface area contributed by atoms with Gasteiger partial charge in [-0.1, -0.05) is 36.4 Å². The number of hydrogen-bond donors (Lipinski definition) is 2. The maximum absolute atomic E-state index is 10.0. The molecule has 1 heterocycles. The number of benzene rings is 1. The number of aliphatic hydroxyl groups excluding tert-OH is 1. The van der Waals surface area contributed by atoms with Gasteiger partial charge in [0.25, 0.3) is 0 Å². The molecule has 0 amide bonds. The molecule has 0 radical (unpaired) electrons. The fourth-order valence-electron chi connectivity index (χ4n) is 1.84. The molecule has 1 aromatic carbocycles. The van der Waals surface area contributed by atoms with Crippen molar-refractivity contribution in [1.82, 2.24) is 4.98 Å². The Bertz CT molecular complexity index is 471. The summed E-state index contributed by atoms with van der Waals surface area (Å²) in [5.41, 5.74) is 8.15. The number of nitrogens with two attached hydrogens (primary N) is 1. The van der Waals surface area contributed by atoms with Crippen LogP contribution in [0.3, 0.4) is 0 Å². The van der Waals surface area contributed by atoms with Crippen LogP contribution in [-0.4, -0.2) is 16.6 Å². The van der Waals surface area contributed by atoms with Crippen molar-refractivity contribution in [2.45, 2.75) is 12.5 Å². The summed E-state index contributed by atoms with van der Waals surface area (Å²) in [6.45, 7) is 0.463. The lowest BCUT2D eigenvalue weighted by molar-refractivity contribution is 0.170. The number of aromatic nitrogens is 1. The van der Waals surface area contributed by atoms with Gasteiger partial charge in [-0.15, -0.1) is 0 Å². The molecular formula is C14H16N2O. The van der Waals surface area contributed by atoms with Crippen molar-refractivity contribution in [2.24, 2.45) is 5.73 Å². The smallest absolute Gasteiger partial charge is 0.0823 e. The van der Waals surface area contributed by atoms with Crippen LogP contribution in [0.2, 0.25) is 0 Å². The Morgan fingerprint density at radius 1 is 1.12 bits per heavy atom. The minimum atomic E-state index is -0.552. The largest absolute Gasteiger partial charge is 0.388 e. The topological polar surface area (TPSA) is 59.1 Å². The van der Waals surface area contributed by atoms with Crippen LogP contribution in [0.4, 0.5) is 0 Å². The van der Waals surface area contributed by atoms with Crippen LogP contribution in [0.5, 0.6) is 0 Å². The number of hydrogen-bond acceptors (Lipinski definition) is 3. The summed E-state index contributed by atoms with van der Waals surface area (Å²) in [6.07, 6.45) is 1.73. The first-order chi connectivity index (χ1) is 8.33. The van der Waals surface area contributed by atoms with Crippen LogP contribution in [0, 0.1) is 0 Å². The summed E-state index contributed by atoms with van der Waals surface area (Å²) in [6, 6.07) is 13.6. The van der Waals surface area contributed by atoms with Gasteiger partial charge in [0.1, 0.15) is 0 Å². The lowest BCUT2D eigenvalue weighted by Gasteiger charge is -2.13. The molecule has 17 heavy (non-hydrogen) atoms. The summed E-state index contributed by atoms with van der Waals surface area (Å²) in [5, 5.41) is 10.0. The van der Waals surface area contributed by atoms with Crippen LogP contribution in [-0.2, 0) is 0 Å². The zero-order valence-corrected chi connectivity index (χ0v) is 9.58. The summed E-state index contributed by atoms with van der Waals surface area (Å²) in [4.78, 5) is 4.35. The van der Waals surface area contributed by atoms with Gasteiger partial charge in [0.15, 0.2) is 0 Å². The number of pyridine rings is 1. The Labute approximate surface area is 101 Å². The molecule has 0 saturated carbocycles. The van der Waals surface area contributed by atoms with Crippen LogP contribution in [0.15, 0.2) is 48.7 Å². The van der Waals surface area contributed by atoms with Gasteiger partial charge in [0, 0.05) is 17.3 Å². The van der Waals surface area contributed by atoms with Gasteiger partial charge < -0.3 is 10.8 Å². The quantitative estimate of drug-likeness (QED) is 0.842. The lowest BCUT2D eigenvalue weighted by atomic mass is 10.00. The van der Waals surface area contributed by atoms with Crippen molar-refractivity contribution in [1.29, 1.82) is 0 Å². The Hall–Kier alpha value is -1.71. The minimum absolute atomic E-state index is 0.463. The lowest BCUT2D eigenvalue weighted by Crippen LogP contribution is -2.08. The number of aliphatic hydroxyl groups is 1. The van der Waals surface area contributed by atoms with E-state index in [1.807, 2.05) is 42.5 Å². The maximum atomic E-state index is 10.0. The van der Waals surface area contributed by atoms with Gasteiger partial charge >= 0.3 is 0 Å². The zero-order chi connectivity index (χ0) is 12.1. The highest BCUT2D eigenvalue weighted by Gasteiger charge is 2.13. The standard InChI is InChI=1S/C14H16N2O/c15-9-8-13(17)12-7-4-10-16-14(12)11-5-2-1-3-6-11/h1-7,10,13,17H,8-9,15H2. The van der Waals surface area contributed by atoms with E-state index in [0.29, 0.717) is 13.0 Å². The van der Waals surface area contributed by atoms with Gasteiger partial charge in [0.05, 0.1) is 11.8 Å². The predicted molar refractivity (Wildman–Crippen MR) is 68.3 cm³/mol. The summed E-state index contributed by atoms with van der Waals surface area (Å²) >= 11 is 0. The highest BCUT2D eigenvalue weighted by molar-refractivity contribution is 5.63. The average molecular weight is 228 g/mol. The Morgan fingerprint density at radius 2 is 1.88 bits per heavy atom. The first-order valence-electron chi connectivity index (χ1n) is 5.71. The Morgan fingerprint density at radius 3 is 2.59 bits per heavy atom. The molecule has 0 bridgehead atoms. The molecule has 3 heteroatoms. The third-order valence-electron chi connectivity index (χ3n) is 2.69. The van der Waals surface area contributed by atoms with E-state index in [2.05, 4.69) is 4.98 Å². The average Bonchev–Trinajstić information content (AvgIpc) is 2.40. The molecule has 0 saturated heterocycles. The van der Waals surface area contributed by atoms with Crippen molar-refractivity contribution in [3.63, 3.8) is 0 Å². The third kappa shape index (κ3) is 2.70. The predicted octanol–water partition coefficient (Wildman–Crippen LogP) is 2.13. The van der Waals surface area contributed by atoms with Crippen LogP contribution in [0.25, 0.3) is 11.3 Å². The van der Waals surface area contributed by atoms with Crippen LogP contribution < -0.4 is 5.73 Å². The second kappa shape index (κ2) is 5.57. The number of rotatable bonds is 4. The molecule has 0 aliphatic carbocycles. The van der Waals surface area contributed by atoms with Crippen molar-refractivity contribution >= 4 is 0 Å². The molecule has 1 atom stereocenters. The summed E-state index contributed by atoms with van der Waals surface area (Å²) in [7, 11) is 0. The molecule has 88 valence electrons. The molecule has 3 nitrogen and oxygen atoms in total. The fourth-order valence-corrected chi connectivity index (χ4v) is 1.84. The molecule has 2 aromatic rings. The molecule has 3 N–H and O–H groups in total. The van der Waals surface area contributed by atoms with Gasteiger partial charge in [-0.05, 0) is 19.0 Å². The second-order valence-corrected chi connectivity index (χ2v) is 3.90. The van der Waals surface area contributed by atoms with Gasteiger partial charge in [-0.2, -0.15) is 0 Å². The van der Waals surface area contributed by atoms with Crippen molar-refractivity contribution in [3.05, 3.63) is 54.2 Å². The van der Waals surface area contributed by atoms with Crippen molar-refractivity contribution in [2.75, 3.05) is 6.54 Å². The summed E-state index contributed by atoms with van der Waals surface area (Å²) < 4.78 is 0. The SMILES string of the molecule is NCCC(O)c1cccnc1-c1ccccc1. The Kier molecular flexibility index (Phi) is 3.85. The van der Waals surface area contributed by atoms with Gasteiger partial charge in [-0.3, -0.25) is 4.98 Å². The molecule has 0 fully saturated rings. The van der Waals surface area contributed by atoms with E-state index >= 15 is 0 Å². The molecule has 0 spiro atoms.